The third-order valence-electron chi connectivity index (χ3n) is 3.26. The van der Waals surface area contributed by atoms with Crippen LogP contribution in [0.3, 0.4) is 0 Å². The van der Waals surface area contributed by atoms with Gasteiger partial charge >= 0.3 is 0 Å². The zero-order chi connectivity index (χ0) is 10.7. The van der Waals surface area contributed by atoms with Crippen LogP contribution in [0.2, 0.25) is 0 Å². The van der Waals surface area contributed by atoms with Crippen LogP contribution >= 0.6 is 0 Å². The summed E-state index contributed by atoms with van der Waals surface area (Å²) in [6.45, 7) is 4.31. The second kappa shape index (κ2) is 4.76. The first-order valence-electron chi connectivity index (χ1n) is 5.60. The van der Waals surface area contributed by atoms with Crippen molar-refractivity contribution >= 4 is 0 Å². The molecule has 2 aliphatic heterocycles. The van der Waals surface area contributed by atoms with Gasteiger partial charge in [-0.2, -0.15) is 0 Å². The summed E-state index contributed by atoms with van der Waals surface area (Å²) in [4.78, 5) is 2.26. The molecule has 0 atom stereocenters. The number of nitrogens with two attached hydrogens (primary N) is 1. The van der Waals surface area contributed by atoms with Gasteiger partial charge in [-0.25, -0.2) is 0 Å². The van der Waals surface area contributed by atoms with Crippen molar-refractivity contribution in [1.29, 1.82) is 0 Å². The molecule has 3 N–H and O–H groups in total. The van der Waals surface area contributed by atoms with Crippen molar-refractivity contribution in [2.75, 3.05) is 39.4 Å². The molecular weight excluding hydrogens is 196 g/mol. The van der Waals surface area contributed by atoms with E-state index in [0.717, 1.165) is 32.5 Å². The van der Waals surface area contributed by atoms with Gasteiger partial charge in [0.15, 0.2) is 6.29 Å². The van der Waals surface area contributed by atoms with Gasteiger partial charge in [0.25, 0.3) is 0 Å². The normalized spacial score (nSPS) is 28.4. The summed E-state index contributed by atoms with van der Waals surface area (Å²) < 4.78 is 10.8. The highest BCUT2D eigenvalue weighted by atomic mass is 16.7. The van der Waals surface area contributed by atoms with Crippen LogP contribution in [0.15, 0.2) is 0 Å². The van der Waals surface area contributed by atoms with Crippen LogP contribution in [-0.2, 0) is 9.47 Å². The molecule has 0 amide bonds. The molecule has 5 heteroatoms. The Balaban J connectivity index is 1.73. The first-order valence-corrected chi connectivity index (χ1v) is 5.60. The highest BCUT2D eigenvalue weighted by Crippen LogP contribution is 2.21. The molecule has 0 radical (unpaired) electrons. The average molecular weight is 216 g/mol. The third kappa shape index (κ3) is 2.89. The summed E-state index contributed by atoms with van der Waals surface area (Å²) in [5.41, 5.74) is 4.88. The van der Waals surface area contributed by atoms with E-state index in [4.69, 9.17) is 15.2 Å². The Morgan fingerprint density at radius 1 is 1.27 bits per heavy atom. The van der Waals surface area contributed by atoms with E-state index in [0.29, 0.717) is 19.8 Å². The Morgan fingerprint density at radius 3 is 2.40 bits per heavy atom. The predicted octanol–water partition coefficient (Wildman–Crippen LogP) is -0.855. The molecule has 2 fully saturated rings. The maximum atomic E-state index is 9.94. The molecule has 0 aliphatic carbocycles. The van der Waals surface area contributed by atoms with Crippen molar-refractivity contribution < 1.29 is 14.6 Å². The first kappa shape index (κ1) is 11.3. The van der Waals surface area contributed by atoms with Crippen molar-refractivity contribution in [2.45, 2.75) is 24.7 Å². The average Bonchev–Trinajstić information content (AvgIpc) is 2.75. The topological polar surface area (TPSA) is 68.0 Å². The maximum absolute atomic E-state index is 9.94. The zero-order valence-electron chi connectivity index (χ0n) is 9.02. The predicted molar refractivity (Wildman–Crippen MR) is 55.4 cm³/mol. The van der Waals surface area contributed by atoms with Gasteiger partial charge in [0.1, 0.15) is 0 Å². The molecule has 2 aliphatic rings. The van der Waals surface area contributed by atoms with Gasteiger partial charge in [0.2, 0.25) is 0 Å². The van der Waals surface area contributed by atoms with E-state index in [9.17, 15) is 5.11 Å². The summed E-state index contributed by atoms with van der Waals surface area (Å²) in [6.07, 6.45) is 1.42. The molecule has 2 saturated heterocycles. The lowest BCUT2D eigenvalue weighted by atomic mass is 9.92. The number of ether oxygens (including phenoxy) is 2. The number of nitrogens with zero attached hydrogens (tertiary/aromatic N) is 1. The summed E-state index contributed by atoms with van der Waals surface area (Å²) >= 11 is 0. The quantitative estimate of drug-likeness (QED) is 0.643. The summed E-state index contributed by atoms with van der Waals surface area (Å²) in [7, 11) is 0. The highest BCUT2D eigenvalue weighted by molar-refractivity contribution is 4.86. The second-order valence-corrected chi connectivity index (χ2v) is 4.40. The van der Waals surface area contributed by atoms with Crippen molar-refractivity contribution in [3.63, 3.8) is 0 Å². The largest absolute Gasteiger partial charge is 0.388 e. The van der Waals surface area contributed by atoms with Crippen LogP contribution in [0.4, 0.5) is 0 Å². The Hall–Kier alpha value is -0.200. The monoisotopic (exact) mass is 216 g/mol. The van der Waals surface area contributed by atoms with E-state index in [2.05, 4.69) is 4.90 Å². The van der Waals surface area contributed by atoms with Crippen molar-refractivity contribution in [3.8, 4) is 0 Å². The number of rotatable bonds is 3. The van der Waals surface area contributed by atoms with Gasteiger partial charge in [-0.15, -0.1) is 0 Å². The van der Waals surface area contributed by atoms with Crippen LogP contribution in [0.1, 0.15) is 12.8 Å². The molecule has 0 unspecified atom stereocenters. The smallest absolute Gasteiger partial charge is 0.170 e. The molecule has 2 rings (SSSR count). The van der Waals surface area contributed by atoms with Gasteiger partial charge in [-0.05, 0) is 12.8 Å². The molecular formula is C10H20N2O3. The Labute approximate surface area is 90.1 Å². The van der Waals surface area contributed by atoms with E-state index in [1.165, 1.54) is 0 Å². The van der Waals surface area contributed by atoms with Crippen LogP contribution < -0.4 is 5.73 Å². The molecule has 0 aromatic carbocycles. The number of likely N-dealkylation sites (tertiary alicyclic amines) is 1. The first-order chi connectivity index (χ1) is 7.22. The van der Waals surface area contributed by atoms with Gasteiger partial charge in [-0.1, -0.05) is 0 Å². The molecule has 0 spiro atoms. The zero-order valence-corrected chi connectivity index (χ0v) is 9.02. The van der Waals surface area contributed by atoms with E-state index < -0.39 is 5.60 Å². The lowest BCUT2D eigenvalue weighted by Gasteiger charge is -2.37. The molecule has 0 saturated carbocycles. The third-order valence-corrected chi connectivity index (χ3v) is 3.26. The maximum Gasteiger partial charge on any atom is 0.170 e. The number of hydrogen-bond acceptors (Lipinski definition) is 5. The lowest BCUT2D eigenvalue weighted by Crippen LogP contribution is -2.50. The molecule has 5 nitrogen and oxygen atoms in total. The van der Waals surface area contributed by atoms with Crippen LogP contribution in [0.5, 0.6) is 0 Å². The Bertz CT molecular complexity index is 199. The van der Waals surface area contributed by atoms with Crippen molar-refractivity contribution in [2.24, 2.45) is 5.73 Å². The molecule has 15 heavy (non-hydrogen) atoms. The minimum atomic E-state index is -0.645. The molecule has 0 aromatic heterocycles. The summed E-state index contributed by atoms with van der Waals surface area (Å²) in [6, 6.07) is 0. The van der Waals surface area contributed by atoms with Gasteiger partial charge in [0, 0.05) is 26.2 Å². The summed E-state index contributed by atoms with van der Waals surface area (Å²) in [5.74, 6) is 0. The van der Waals surface area contributed by atoms with E-state index in [-0.39, 0.29) is 6.29 Å². The molecule has 88 valence electrons. The SMILES string of the molecule is NCC1(O)CCN(CC2OCCO2)CC1. The second-order valence-electron chi connectivity index (χ2n) is 4.40. The number of hydrogen-bond donors (Lipinski definition) is 2. The van der Waals surface area contributed by atoms with Crippen LogP contribution in [-0.4, -0.2) is 61.3 Å². The van der Waals surface area contributed by atoms with E-state index in [1.54, 1.807) is 0 Å². The minimum Gasteiger partial charge on any atom is -0.388 e. The fraction of sp³-hybridized carbons (Fsp3) is 1.00. The fourth-order valence-corrected chi connectivity index (χ4v) is 2.08. The number of piperidine rings is 1. The van der Waals surface area contributed by atoms with Crippen LogP contribution in [0, 0.1) is 0 Å². The van der Waals surface area contributed by atoms with E-state index in [1.807, 2.05) is 0 Å². The standard InChI is InChI=1S/C10H20N2O3/c11-8-10(13)1-3-12(4-2-10)7-9-14-5-6-15-9/h9,13H,1-8,11H2. The number of aliphatic hydroxyl groups is 1. The van der Waals surface area contributed by atoms with Crippen LogP contribution in [0.25, 0.3) is 0 Å². The van der Waals surface area contributed by atoms with Gasteiger partial charge < -0.3 is 20.3 Å². The summed E-state index contributed by atoms with van der Waals surface area (Å²) in [5, 5.41) is 9.94. The fourth-order valence-electron chi connectivity index (χ4n) is 2.08. The van der Waals surface area contributed by atoms with Crippen molar-refractivity contribution in [3.05, 3.63) is 0 Å². The highest BCUT2D eigenvalue weighted by Gasteiger charge is 2.32. The molecule has 0 aromatic rings. The van der Waals surface area contributed by atoms with Crippen molar-refractivity contribution in [1.82, 2.24) is 4.90 Å². The molecule has 2 heterocycles. The van der Waals surface area contributed by atoms with E-state index >= 15 is 0 Å². The van der Waals surface area contributed by atoms with Gasteiger partial charge in [0.05, 0.1) is 18.8 Å². The van der Waals surface area contributed by atoms with Gasteiger partial charge in [-0.3, -0.25) is 4.90 Å². The molecule has 0 bridgehead atoms. The Morgan fingerprint density at radius 2 is 1.87 bits per heavy atom. The lowest BCUT2D eigenvalue weighted by molar-refractivity contribution is -0.0803. The Kier molecular flexibility index (Phi) is 3.58. The minimum absolute atomic E-state index is 0.0749.